The van der Waals surface area contributed by atoms with Gasteiger partial charge in [-0.3, -0.25) is 0 Å². The lowest BCUT2D eigenvalue weighted by Crippen LogP contribution is -2.11. The van der Waals surface area contributed by atoms with Crippen LogP contribution in [-0.2, 0) is 19.3 Å². The molecule has 0 aliphatic carbocycles. The van der Waals surface area contributed by atoms with Crippen LogP contribution >= 0.6 is 0 Å². The summed E-state index contributed by atoms with van der Waals surface area (Å²) in [6, 6.07) is 14.5. The first-order valence-corrected chi connectivity index (χ1v) is 18.4. The Balaban J connectivity index is 1.88. The minimum absolute atomic E-state index is 0.256. The van der Waals surface area contributed by atoms with E-state index in [-0.39, 0.29) is 5.75 Å². The van der Waals surface area contributed by atoms with E-state index in [4.69, 9.17) is 9.47 Å². The Morgan fingerprint density at radius 2 is 1.35 bits per heavy atom. The minimum atomic E-state index is 0.256. The zero-order valence-electron chi connectivity index (χ0n) is 31.2. The summed E-state index contributed by atoms with van der Waals surface area (Å²) in [6.07, 6.45) is 15.7. The van der Waals surface area contributed by atoms with Crippen molar-refractivity contribution in [2.45, 2.75) is 132 Å². The molecule has 3 rings (SSSR count). The number of hydrogen-bond donors (Lipinski definition) is 2. The predicted molar refractivity (Wildman–Crippen MR) is 204 cm³/mol. The number of aryl methyl sites for hydroxylation is 3. The van der Waals surface area contributed by atoms with Crippen LogP contribution in [0.4, 0.5) is 0 Å². The molecule has 0 atom stereocenters. The molecule has 4 heteroatoms. The first-order chi connectivity index (χ1) is 23.0. The molecular formula is C44H62O4. The summed E-state index contributed by atoms with van der Waals surface area (Å²) in [6.45, 7) is 17.9. The van der Waals surface area contributed by atoms with Gasteiger partial charge in [-0.1, -0.05) is 100 Å². The highest BCUT2D eigenvalue weighted by Crippen LogP contribution is 2.43. The smallest absolute Gasteiger partial charge is 0.131 e. The van der Waals surface area contributed by atoms with Gasteiger partial charge in [-0.25, -0.2) is 0 Å². The van der Waals surface area contributed by atoms with Gasteiger partial charge in [-0.2, -0.15) is 0 Å². The molecule has 0 aliphatic heterocycles. The van der Waals surface area contributed by atoms with Crippen molar-refractivity contribution in [3.63, 3.8) is 0 Å². The fourth-order valence-electron chi connectivity index (χ4n) is 6.17. The van der Waals surface area contributed by atoms with E-state index in [2.05, 4.69) is 97.9 Å². The van der Waals surface area contributed by atoms with Crippen molar-refractivity contribution < 1.29 is 19.7 Å². The zero-order chi connectivity index (χ0) is 35.1. The third-order valence-electron chi connectivity index (χ3n) is 8.97. The molecule has 262 valence electrons. The second kappa shape index (κ2) is 20.0. The Hall–Kier alpha value is -3.66. The number of phenols is 2. The van der Waals surface area contributed by atoms with Gasteiger partial charge < -0.3 is 19.7 Å². The largest absolute Gasteiger partial charge is 0.508 e. The van der Waals surface area contributed by atoms with Gasteiger partial charge in [0.25, 0.3) is 0 Å². The van der Waals surface area contributed by atoms with Gasteiger partial charge in [0.2, 0.25) is 0 Å². The Morgan fingerprint density at radius 3 is 1.96 bits per heavy atom. The highest BCUT2D eigenvalue weighted by Gasteiger charge is 2.19. The lowest BCUT2D eigenvalue weighted by atomic mass is 9.89. The van der Waals surface area contributed by atoms with Crippen LogP contribution in [0.3, 0.4) is 0 Å². The van der Waals surface area contributed by atoms with Gasteiger partial charge in [0, 0.05) is 5.56 Å². The van der Waals surface area contributed by atoms with Crippen LogP contribution < -0.4 is 9.47 Å². The number of aromatic hydroxyl groups is 2. The van der Waals surface area contributed by atoms with Crippen LogP contribution in [0.15, 0.2) is 65.8 Å². The molecule has 0 spiro atoms. The molecule has 48 heavy (non-hydrogen) atoms. The van der Waals surface area contributed by atoms with E-state index in [1.165, 1.54) is 16.7 Å². The summed E-state index contributed by atoms with van der Waals surface area (Å²) in [5, 5.41) is 22.6. The standard InChI is InChI=1S/C44H62O4/c1-9-11-13-18-35-27-40(45)38(23-20-33(7)17-15-16-31(3)4)42(29-35)47-24-25-48-43-30-36(19-14-12-10-2)28-41(46)44(43)39-26-34(8)21-22-37(39)32(5)6/h16,20-22,26-30,32,45-46H,9-15,17-19,23-25H2,1-8H3/b33-20+. The second-order valence-corrected chi connectivity index (χ2v) is 14.0. The SMILES string of the molecule is CCCCCc1cc(O)c(C/C=C(\C)CCC=C(C)C)c(OCCOc2cc(CCCCC)cc(O)c2-c2cc(C)ccc2C(C)C)c1. The lowest BCUT2D eigenvalue weighted by Gasteiger charge is -2.20. The third kappa shape index (κ3) is 12.1. The van der Waals surface area contributed by atoms with Crippen molar-refractivity contribution in [3.8, 4) is 34.1 Å². The number of allylic oxidation sites excluding steroid dienone is 4. The van der Waals surface area contributed by atoms with Gasteiger partial charge in [0.05, 0.1) is 5.56 Å². The van der Waals surface area contributed by atoms with E-state index in [0.29, 0.717) is 37.1 Å². The van der Waals surface area contributed by atoms with Crippen LogP contribution in [-0.4, -0.2) is 23.4 Å². The molecular weight excluding hydrogens is 592 g/mol. The summed E-state index contributed by atoms with van der Waals surface area (Å²) in [5.74, 6) is 2.24. The molecule has 0 amide bonds. The summed E-state index contributed by atoms with van der Waals surface area (Å²) < 4.78 is 12.9. The number of ether oxygens (including phenoxy) is 2. The third-order valence-corrected chi connectivity index (χ3v) is 8.97. The molecule has 2 N–H and O–H groups in total. The van der Waals surface area contributed by atoms with Crippen molar-refractivity contribution in [1.82, 2.24) is 0 Å². The molecule has 0 bridgehead atoms. The van der Waals surface area contributed by atoms with Crippen molar-refractivity contribution in [3.05, 3.63) is 93.6 Å². The first kappa shape index (κ1) is 38.8. The fraction of sp³-hybridized carbons (Fsp3) is 0.500. The fourth-order valence-corrected chi connectivity index (χ4v) is 6.17. The Morgan fingerprint density at radius 1 is 0.750 bits per heavy atom. The Bertz CT molecular complexity index is 1510. The van der Waals surface area contributed by atoms with Crippen LogP contribution in [0.5, 0.6) is 23.0 Å². The number of phenolic OH excluding ortho intramolecular Hbond substituents is 2. The molecule has 0 unspecified atom stereocenters. The normalized spacial score (nSPS) is 11.6. The quantitative estimate of drug-likeness (QED) is 0.0940. The van der Waals surface area contributed by atoms with E-state index < -0.39 is 0 Å². The zero-order valence-corrected chi connectivity index (χ0v) is 31.2. The highest BCUT2D eigenvalue weighted by molar-refractivity contribution is 5.80. The van der Waals surface area contributed by atoms with Crippen LogP contribution in [0.2, 0.25) is 0 Å². The summed E-state index contributed by atoms with van der Waals surface area (Å²) >= 11 is 0. The average Bonchev–Trinajstić information content (AvgIpc) is 3.02. The van der Waals surface area contributed by atoms with Crippen molar-refractivity contribution >= 4 is 0 Å². The predicted octanol–water partition coefficient (Wildman–Crippen LogP) is 12.4. The van der Waals surface area contributed by atoms with Crippen LogP contribution in [0, 0.1) is 6.92 Å². The minimum Gasteiger partial charge on any atom is -0.508 e. The molecule has 3 aromatic rings. The van der Waals surface area contributed by atoms with Gasteiger partial charge in [-0.05, 0) is 125 Å². The molecule has 0 aliphatic rings. The average molecular weight is 655 g/mol. The summed E-state index contributed by atoms with van der Waals surface area (Å²) in [5.41, 5.74) is 9.70. The van der Waals surface area contributed by atoms with Gasteiger partial charge in [-0.15, -0.1) is 0 Å². The Kier molecular flexibility index (Phi) is 16.2. The monoisotopic (exact) mass is 654 g/mol. The molecule has 0 saturated heterocycles. The molecule has 0 aromatic heterocycles. The number of benzene rings is 3. The van der Waals surface area contributed by atoms with E-state index in [0.717, 1.165) is 103 Å². The van der Waals surface area contributed by atoms with Crippen molar-refractivity contribution in [2.24, 2.45) is 0 Å². The molecule has 0 saturated carbocycles. The molecule has 3 aromatic carbocycles. The van der Waals surface area contributed by atoms with E-state index in [1.807, 2.05) is 12.1 Å². The maximum Gasteiger partial charge on any atom is 0.131 e. The summed E-state index contributed by atoms with van der Waals surface area (Å²) in [4.78, 5) is 0. The number of rotatable bonds is 20. The van der Waals surface area contributed by atoms with Gasteiger partial charge >= 0.3 is 0 Å². The van der Waals surface area contributed by atoms with Crippen molar-refractivity contribution in [2.75, 3.05) is 13.2 Å². The Labute approximate surface area is 291 Å². The topological polar surface area (TPSA) is 58.9 Å². The van der Waals surface area contributed by atoms with Crippen LogP contribution in [0.1, 0.15) is 134 Å². The first-order valence-electron chi connectivity index (χ1n) is 18.4. The van der Waals surface area contributed by atoms with Gasteiger partial charge in [0.15, 0.2) is 0 Å². The highest BCUT2D eigenvalue weighted by atomic mass is 16.5. The second-order valence-electron chi connectivity index (χ2n) is 14.0. The number of hydrogen-bond acceptors (Lipinski definition) is 4. The molecule has 0 fully saturated rings. The summed E-state index contributed by atoms with van der Waals surface area (Å²) in [7, 11) is 0. The van der Waals surface area contributed by atoms with Gasteiger partial charge in [0.1, 0.15) is 36.2 Å². The van der Waals surface area contributed by atoms with Crippen LogP contribution in [0.25, 0.3) is 11.1 Å². The van der Waals surface area contributed by atoms with Crippen molar-refractivity contribution in [1.29, 1.82) is 0 Å². The maximum absolute atomic E-state index is 11.4. The molecule has 4 nitrogen and oxygen atoms in total. The van der Waals surface area contributed by atoms with E-state index in [9.17, 15) is 10.2 Å². The molecule has 0 heterocycles. The lowest BCUT2D eigenvalue weighted by molar-refractivity contribution is 0.215. The van der Waals surface area contributed by atoms with E-state index >= 15 is 0 Å². The molecule has 0 radical (unpaired) electrons. The number of unbranched alkanes of at least 4 members (excludes halogenated alkanes) is 4. The van der Waals surface area contributed by atoms with E-state index in [1.54, 1.807) is 0 Å². The maximum atomic E-state index is 11.4.